The van der Waals surface area contributed by atoms with Crippen molar-refractivity contribution < 1.29 is 0 Å². The number of hydrogen-bond acceptors (Lipinski definition) is 5. The molecule has 70 valence electrons. The monoisotopic (exact) mass is 187 g/mol. The van der Waals surface area contributed by atoms with Gasteiger partial charge in [-0.2, -0.15) is 0 Å². The highest BCUT2D eigenvalue weighted by Gasteiger charge is 1.95. The van der Waals surface area contributed by atoms with Crippen molar-refractivity contribution in [2.24, 2.45) is 0 Å². The van der Waals surface area contributed by atoms with Gasteiger partial charge in [0, 0.05) is 30.3 Å². The summed E-state index contributed by atoms with van der Waals surface area (Å²) in [4.78, 5) is 11.9. The van der Waals surface area contributed by atoms with Gasteiger partial charge in [-0.15, -0.1) is 0 Å². The molecular weight excluding hydrogens is 178 g/mol. The van der Waals surface area contributed by atoms with E-state index < -0.39 is 0 Å². The zero-order valence-electron chi connectivity index (χ0n) is 7.38. The average Bonchev–Trinajstić information content (AvgIpc) is 2.19. The fraction of sp³-hybridized carbons (Fsp3) is 0. The molecule has 0 saturated heterocycles. The second kappa shape index (κ2) is 3.69. The highest BCUT2D eigenvalue weighted by molar-refractivity contribution is 5.57. The first-order valence-corrected chi connectivity index (χ1v) is 4.09. The molecule has 0 fully saturated rings. The predicted octanol–water partition coefficient (Wildman–Crippen LogP) is 1.20. The summed E-state index contributed by atoms with van der Waals surface area (Å²) in [5.41, 5.74) is 6.37. The number of anilines is 3. The van der Waals surface area contributed by atoms with E-state index >= 15 is 0 Å². The maximum Gasteiger partial charge on any atom is 0.148 e. The van der Waals surface area contributed by atoms with Crippen LogP contribution in [0.25, 0.3) is 0 Å². The molecule has 2 aromatic heterocycles. The molecule has 0 unspecified atom stereocenters. The van der Waals surface area contributed by atoms with Crippen LogP contribution in [-0.2, 0) is 0 Å². The molecule has 0 saturated carbocycles. The number of nitrogens with zero attached hydrogens (tertiary/aromatic N) is 3. The van der Waals surface area contributed by atoms with E-state index in [-0.39, 0.29) is 0 Å². The van der Waals surface area contributed by atoms with E-state index in [0.29, 0.717) is 11.6 Å². The van der Waals surface area contributed by atoms with Crippen molar-refractivity contribution in [1.29, 1.82) is 0 Å². The van der Waals surface area contributed by atoms with E-state index in [0.717, 1.165) is 5.69 Å². The molecule has 0 bridgehead atoms. The first-order valence-electron chi connectivity index (χ1n) is 4.09. The summed E-state index contributed by atoms with van der Waals surface area (Å²) in [6, 6.07) is 3.54. The molecule has 0 aliphatic rings. The fourth-order valence-corrected chi connectivity index (χ4v) is 1.04. The van der Waals surface area contributed by atoms with Crippen LogP contribution in [0.5, 0.6) is 0 Å². The van der Waals surface area contributed by atoms with Crippen LogP contribution >= 0.6 is 0 Å². The summed E-state index contributed by atoms with van der Waals surface area (Å²) < 4.78 is 0. The molecule has 0 amide bonds. The first-order chi connectivity index (χ1) is 6.84. The summed E-state index contributed by atoms with van der Waals surface area (Å²) in [5, 5.41) is 3.05. The normalized spacial score (nSPS) is 9.71. The molecule has 5 heteroatoms. The highest BCUT2D eigenvalue weighted by Crippen LogP contribution is 2.13. The summed E-state index contributed by atoms with van der Waals surface area (Å²) in [7, 11) is 0. The number of nitrogens with one attached hydrogen (secondary N) is 1. The van der Waals surface area contributed by atoms with Crippen LogP contribution in [0.2, 0.25) is 0 Å². The van der Waals surface area contributed by atoms with E-state index in [2.05, 4.69) is 20.3 Å². The van der Waals surface area contributed by atoms with Crippen LogP contribution < -0.4 is 11.1 Å². The molecule has 2 rings (SSSR count). The Bertz CT molecular complexity index is 415. The van der Waals surface area contributed by atoms with E-state index in [9.17, 15) is 0 Å². The van der Waals surface area contributed by atoms with Crippen molar-refractivity contribution in [3.05, 3.63) is 36.9 Å². The summed E-state index contributed by atoms with van der Waals surface area (Å²) in [6.07, 6.45) is 6.50. The minimum atomic E-state index is 0.471. The lowest BCUT2D eigenvalue weighted by molar-refractivity contribution is 1.20. The zero-order chi connectivity index (χ0) is 9.80. The molecule has 14 heavy (non-hydrogen) atoms. The molecule has 0 radical (unpaired) electrons. The van der Waals surface area contributed by atoms with Gasteiger partial charge < -0.3 is 11.1 Å². The molecular formula is C9H9N5. The molecule has 2 aromatic rings. The van der Waals surface area contributed by atoms with Crippen molar-refractivity contribution >= 4 is 17.3 Å². The molecule has 0 spiro atoms. The van der Waals surface area contributed by atoms with E-state index in [1.807, 2.05) is 6.07 Å². The summed E-state index contributed by atoms with van der Waals surface area (Å²) in [5.74, 6) is 1.15. The van der Waals surface area contributed by atoms with Crippen LogP contribution in [0.1, 0.15) is 0 Å². The van der Waals surface area contributed by atoms with Crippen LogP contribution in [-0.4, -0.2) is 15.0 Å². The third kappa shape index (κ3) is 1.95. The van der Waals surface area contributed by atoms with Crippen LogP contribution in [0.3, 0.4) is 0 Å². The van der Waals surface area contributed by atoms with Crippen LogP contribution in [0.15, 0.2) is 36.9 Å². The van der Waals surface area contributed by atoms with Gasteiger partial charge in [0.05, 0.1) is 6.20 Å². The Balaban J connectivity index is 2.19. The van der Waals surface area contributed by atoms with Crippen molar-refractivity contribution in [2.75, 3.05) is 11.1 Å². The van der Waals surface area contributed by atoms with Gasteiger partial charge in [-0.1, -0.05) is 0 Å². The van der Waals surface area contributed by atoms with Gasteiger partial charge in [-0.05, 0) is 6.07 Å². The lowest BCUT2D eigenvalue weighted by atomic mass is 10.4. The topological polar surface area (TPSA) is 76.7 Å². The Labute approximate surface area is 81.0 Å². The smallest absolute Gasteiger partial charge is 0.148 e. The third-order valence-corrected chi connectivity index (χ3v) is 1.62. The number of pyridine rings is 1. The molecule has 0 aromatic carbocycles. The van der Waals surface area contributed by atoms with E-state index in [1.54, 1.807) is 30.9 Å². The summed E-state index contributed by atoms with van der Waals surface area (Å²) >= 11 is 0. The SMILES string of the molecule is Nc1cc(Nc2cnccn2)ccn1. The number of hydrogen-bond donors (Lipinski definition) is 2. The van der Waals surface area contributed by atoms with Crippen LogP contribution in [0.4, 0.5) is 17.3 Å². The second-order valence-corrected chi connectivity index (χ2v) is 2.69. The average molecular weight is 187 g/mol. The van der Waals surface area contributed by atoms with Gasteiger partial charge in [0.2, 0.25) is 0 Å². The maximum absolute atomic E-state index is 5.53. The van der Waals surface area contributed by atoms with E-state index in [1.165, 1.54) is 0 Å². The molecule has 3 N–H and O–H groups in total. The molecule has 2 heterocycles. The second-order valence-electron chi connectivity index (χ2n) is 2.69. The van der Waals surface area contributed by atoms with Gasteiger partial charge in [-0.25, -0.2) is 9.97 Å². The van der Waals surface area contributed by atoms with Gasteiger partial charge in [0.15, 0.2) is 0 Å². The Hall–Kier alpha value is -2.17. The standard InChI is InChI=1S/C9H9N5/c10-8-5-7(1-2-12-8)14-9-6-11-3-4-13-9/h1-6H,(H3,10,12,13,14). The third-order valence-electron chi connectivity index (χ3n) is 1.62. The summed E-state index contributed by atoms with van der Waals surface area (Å²) in [6.45, 7) is 0. The predicted molar refractivity (Wildman–Crippen MR) is 54.0 cm³/mol. The van der Waals surface area contributed by atoms with Crippen molar-refractivity contribution in [2.45, 2.75) is 0 Å². The highest BCUT2D eigenvalue weighted by atomic mass is 15.0. The number of nitrogen functional groups attached to an aromatic ring is 1. The molecule has 5 nitrogen and oxygen atoms in total. The lowest BCUT2D eigenvalue weighted by Crippen LogP contribution is -1.96. The minimum Gasteiger partial charge on any atom is -0.384 e. The number of nitrogens with two attached hydrogens (primary N) is 1. The fourth-order valence-electron chi connectivity index (χ4n) is 1.04. The molecule has 0 atom stereocenters. The Morgan fingerprint density at radius 2 is 2.07 bits per heavy atom. The largest absolute Gasteiger partial charge is 0.384 e. The maximum atomic E-state index is 5.53. The number of aromatic nitrogens is 3. The molecule has 0 aliphatic carbocycles. The van der Waals surface area contributed by atoms with Crippen molar-refractivity contribution in [3.63, 3.8) is 0 Å². The lowest BCUT2D eigenvalue weighted by Gasteiger charge is -2.04. The Morgan fingerprint density at radius 1 is 1.14 bits per heavy atom. The Kier molecular flexibility index (Phi) is 2.22. The van der Waals surface area contributed by atoms with Crippen LogP contribution in [0, 0.1) is 0 Å². The van der Waals surface area contributed by atoms with Gasteiger partial charge in [0.25, 0.3) is 0 Å². The van der Waals surface area contributed by atoms with Gasteiger partial charge in [-0.3, -0.25) is 4.98 Å². The quantitative estimate of drug-likeness (QED) is 0.738. The zero-order valence-corrected chi connectivity index (χ0v) is 7.38. The van der Waals surface area contributed by atoms with Gasteiger partial charge >= 0.3 is 0 Å². The minimum absolute atomic E-state index is 0.471. The van der Waals surface area contributed by atoms with E-state index in [4.69, 9.17) is 5.73 Å². The first kappa shape index (κ1) is 8.43. The Morgan fingerprint density at radius 3 is 2.79 bits per heavy atom. The van der Waals surface area contributed by atoms with Gasteiger partial charge in [0.1, 0.15) is 11.6 Å². The van der Waals surface area contributed by atoms with Crippen molar-refractivity contribution in [1.82, 2.24) is 15.0 Å². The molecule has 0 aliphatic heterocycles. The number of rotatable bonds is 2. The van der Waals surface area contributed by atoms with Crippen molar-refractivity contribution in [3.8, 4) is 0 Å².